The van der Waals surface area contributed by atoms with E-state index in [2.05, 4.69) is 25.8 Å². The Hall–Kier alpha value is -4.44. The third-order valence-corrected chi connectivity index (χ3v) is 8.00. The number of aromatic nitrogens is 3. The molecule has 2 amide bonds. The number of nitrogens with one attached hydrogen (secondary N) is 4. The molecule has 0 aliphatic heterocycles. The Labute approximate surface area is 238 Å². The first-order valence-electron chi connectivity index (χ1n) is 14.0. The second-order valence-electron chi connectivity index (χ2n) is 10.7. The number of rotatable bonds is 9. The van der Waals surface area contributed by atoms with Crippen molar-refractivity contribution in [3.8, 4) is 17.0 Å². The van der Waals surface area contributed by atoms with Crippen molar-refractivity contribution in [2.45, 2.75) is 45.1 Å². The van der Waals surface area contributed by atoms with Gasteiger partial charge in [0.25, 0.3) is 5.56 Å². The Bertz CT molecular complexity index is 1580. The van der Waals surface area contributed by atoms with E-state index in [9.17, 15) is 14.4 Å². The van der Waals surface area contributed by atoms with E-state index in [4.69, 9.17) is 10.5 Å². The minimum Gasteiger partial charge on any atom is -0.481 e. The minimum atomic E-state index is -0.786. The smallest absolute Gasteiger partial charge is 0.271 e. The standard InChI is InChI=1S/C31H36N6O4/c1-18-24(13-14-28(33-18)41-2)21-7-3-19(4-8-21)15-27(35-29(38)22-9-5-20(17-32)6-10-22)31(40)34-23-11-12-25-26(16-23)36-37-30(25)39/h3-4,7-8,11-14,16,20,22,27H,5-6,9-10,15,17,32H2,1-2H3,(H,34,40)(H,35,38)(H2,36,37,39)/t20?,22?,27-/m0/s1. The van der Waals surface area contributed by atoms with Gasteiger partial charge in [0, 0.05) is 35.3 Å². The summed E-state index contributed by atoms with van der Waals surface area (Å²) in [6.45, 7) is 2.57. The summed E-state index contributed by atoms with van der Waals surface area (Å²) in [6.07, 6.45) is 3.69. The van der Waals surface area contributed by atoms with E-state index in [0.29, 0.717) is 41.4 Å². The van der Waals surface area contributed by atoms with Gasteiger partial charge in [-0.2, -0.15) is 0 Å². The lowest BCUT2D eigenvalue weighted by Gasteiger charge is -2.28. The number of aromatic amines is 2. The average molecular weight is 557 g/mol. The number of ether oxygens (including phenoxy) is 1. The van der Waals surface area contributed by atoms with Crippen LogP contribution in [-0.2, 0) is 16.0 Å². The number of pyridine rings is 1. The van der Waals surface area contributed by atoms with E-state index in [1.54, 1.807) is 25.3 Å². The van der Waals surface area contributed by atoms with E-state index in [1.165, 1.54) is 0 Å². The van der Waals surface area contributed by atoms with Gasteiger partial charge < -0.3 is 21.1 Å². The molecule has 1 aliphatic rings. The van der Waals surface area contributed by atoms with Crippen LogP contribution < -0.4 is 26.7 Å². The molecule has 1 fully saturated rings. The number of amides is 2. The van der Waals surface area contributed by atoms with Crippen LogP contribution in [0.15, 0.2) is 59.4 Å². The summed E-state index contributed by atoms with van der Waals surface area (Å²) >= 11 is 0. The summed E-state index contributed by atoms with van der Waals surface area (Å²) in [5.74, 6) is 0.442. The number of fused-ring (bicyclic) bond motifs is 1. The Morgan fingerprint density at radius 2 is 1.80 bits per heavy atom. The summed E-state index contributed by atoms with van der Waals surface area (Å²) in [6, 6.07) is 16.0. The number of hydrogen-bond acceptors (Lipinski definition) is 6. The molecule has 6 N–H and O–H groups in total. The molecule has 1 aliphatic carbocycles. The molecule has 0 saturated heterocycles. The lowest BCUT2D eigenvalue weighted by atomic mass is 9.81. The summed E-state index contributed by atoms with van der Waals surface area (Å²) in [5, 5.41) is 11.8. The fraction of sp³-hybridized carbons (Fsp3) is 0.355. The summed E-state index contributed by atoms with van der Waals surface area (Å²) in [5.41, 5.74) is 10.5. The normalized spacial score (nSPS) is 17.6. The van der Waals surface area contributed by atoms with E-state index in [-0.39, 0.29) is 23.3 Å². The lowest BCUT2D eigenvalue weighted by molar-refractivity contribution is -0.130. The van der Waals surface area contributed by atoms with Crippen LogP contribution in [0.25, 0.3) is 22.0 Å². The van der Waals surface area contributed by atoms with Crippen LogP contribution in [0.4, 0.5) is 5.69 Å². The van der Waals surface area contributed by atoms with E-state index in [1.807, 2.05) is 43.3 Å². The van der Waals surface area contributed by atoms with Gasteiger partial charge >= 0.3 is 0 Å². The largest absolute Gasteiger partial charge is 0.481 e. The second-order valence-corrected chi connectivity index (χ2v) is 10.7. The number of carbonyl (C=O) groups excluding carboxylic acids is 2. The zero-order valence-electron chi connectivity index (χ0n) is 23.3. The minimum absolute atomic E-state index is 0.109. The van der Waals surface area contributed by atoms with Gasteiger partial charge in [-0.1, -0.05) is 24.3 Å². The van der Waals surface area contributed by atoms with E-state index >= 15 is 0 Å². The van der Waals surface area contributed by atoms with Crippen molar-refractivity contribution >= 4 is 28.4 Å². The van der Waals surface area contributed by atoms with E-state index in [0.717, 1.165) is 48.1 Å². The van der Waals surface area contributed by atoms with Gasteiger partial charge in [-0.25, -0.2) is 4.98 Å². The Morgan fingerprint density at radius 1 is 1.05 bits per heavy atom. The molecule has 0 radical (unpaired) electrons. The van der Waals surface area contributed by atoms with Crippen LogP contribution >= 0.6 is 0 Å². The molecule has 2 heterocycles. The molecule has 0 spiro atoms. The molecule has 10 heteroatoms. The first-order valence-corrected chi connectivity index (χ1v) is 14.0. The molecule has 1 saturated carbocycles. The van der Waals surface area contributed by atoms with Gasteiger partial charge in [-0.05, 0) is 80.5 Å². The number of anilines is 1. The molecule has 10 nitrogen and oxygen atoms in total. The SMILES string of the molecule is COc1ccc(-c2ccc(C[C@H](NC(=O)C3CCC(CN)CC3)C(=O)Nc3ccc4c(=O)[nH][nH]c4c3)cc2)c(C)n1. The van der Waals surface area contributed by atoms with Crippen molar-refractivity contribution in [2.75, 3.05) is 19.0 Å². The number of H-pyrrole nitrogens is 2. The molecule has 0 bridgehead atoms. The molecule has 1 atom stereocenters. The maximum atomic E-state index is 13.5. The van der Waals surface area contributed by atoms with Crippen LogP contribution in [0.3, 0.4) is 0 Å². The Kier molecular flexibility index (Phi) is 8.49. The van der Waals surface area contributed by atoms with Gasteiger partial charge in [0.1, 0.15) is 6.04 Å². The van der Waals surface area contributed by atoms with Crippen molar-refractivity contribution in [3.63, 3.8) is 0 Å². The van der Waals surface area contributed by atoms with Gasteiger partial charge in [0.05, 0.1) is 18.0 Å². The van der Waals surface area contributed by atoms with E-state index < -0.39 is 6.04 Å². The molecule has 0 unspecified atom stereocenters. The molecule has 41 heavy (non-hydrogen) atoms. The third-order valence-electron chi connectivity index (χ3n) is 8.00. The van der Waals surface area contributed by atoms with Crippen molar-refractivity contribution in [2.24, 2.45) is 17.6 Å². The Balaban J connectivity index is 1.34. The number of benzene rings is 2. The first kappa shape index (κ1) is 28.1. The predicted octanol–water partition coefficient (Wildman–Crippen LogP) is 3.67. The number of methoxy groups -OCH3 is 1. The molecule has 214 valence electrons. The number of carbonyl (C=O) groups is 2. The van der Waals surface area contributed by atoms with Gasteiger partial charge in [-0.3, -0.25) is 24.6 Å². The van der Waals surface area contributed by atoms with Crippen molar-refractivity contribution in [3.05, 3.63) is 76.2 Å². The van der Waals surface area contributed by atoms with Crippen LogP contribution in [0.5, 0.6) is 5.88 Å². The van der Waals surface area contributed by atoms with Crippen molar-refractivity contribution in [1.82, 2.24) is 20.5 Å². The highest BCUT2D eigenvalue weighted by Crippen LogP contribution is 2.29. The highest BCUT2D eigenvalue weighted by molar-refractivity contribution is 5.99. The lowest BCUT2D eigenvalue weighted by Crippen LogP contribution is -2.48. The van der Waals surface area contributed by atoms with Crippen LogP contribution in [0.2, 0.25) is 0 Å². The van der Waals surface area contributed by atoms with Crippen LogP contribution in [0.1, 0.15) is 36.9 Å². The molecule has 4 aromatic rings. The Morgan fingerprint density at radius 3 is 2.49 bits per heavy atom. The number of nitrogens with two attached hydrogens (primary N) is 1. The maximum Gasteiger partial charge on any atom is 0.271 e. The fourth-order valence-corrected chi connectivity index (χ4v) is 5.52. The van der Waals surface area contributed by atoms with Gasteiger partial charge in [-0.15, -0.1) is 0 Å². The molecule has 2 aromatic carbocycles. The zero-order valence-corrected chi connectivity index (χ0v) is 23.3. The van der Waals surface area contributed by atoms with Crippen molar-refractivity contribution in [1.29, 1.82) is 0 Å². The summed E-state index contributed by atoms with van der Waals surface area (Å²) in [7, 11) is 1.59. The third kappa shape index (κ3) is 6.49. The average Bonchev–Trinajstić information content (AvgIpc) is 3.36. The predicted molar refractivity (Wildman–Crippen MR) is 159 cm³/mol. The number of nitrogens with zero attached hydrogens (tertiary/aromatic N) is 1. The zero-order chi connectivity index (χ0) is 28.9. The summed E-state index contributed by atoms with van der Waals surface area (Å²) < 4.78 is 5.22. The number of aryl methyl sites for hydroxylation is 1. The molecular weight excluding hydrogens is 520 g/mol. The highest BCUT2D eigenvalue weighted by atomic mass is 16.5. The molecular formula is C31H36N6O4. The maximum absolute atomic E-state index is 13.5. The van der Waals surface area contributed by atoms with Gasteiger partial charge in [0.15, 0.2) is 0 Å². The fourth-order valence-electron chi connectivity index (χ4n) is 5.52. The van der Waals surface area contributed by atoms with Crippen LogP contribution in [0, 0.1) is 18.8 Å². The topological polar surface area (TPSA) is 155 Å². The highest BCUT2D eigenvalue weighted by Gasteiger charge is 2.29. The number of hydrogen-bond donors (Lipinski definition) is 5. The quantitative estimate of drug-likeness (QED) is 0.212. The first-order chi connectivity index (χ1) is 19.8. The molecule has 5 rings (SSSR count). The monoisotopic (exact) mass is 556 g/mol. The van der Waals surface area contributed by atoms with Gasteiger partial charge in [0.2, 0.25) is 17.7 Å². The van der Waals surface area contributed by atoms with Crippen LogP contribution in [-0.4, -0.2) is 46.7 Å². The van der Waals surface area contributed by atoms with Crippen molar-refractivity contribution < 1.29 is 14.3 Å². The second kappa shape index (κ2) is 12.4. The summed E-state index contributed by atoms with van der Waals surface area (Å²) in [4.78, 5) is 43.1. The molecule has 2 aromatic heterocycles.